The largest absolute Gasteiger partial charge is 0.329 e. The van der Waals surface area contributed by atoms with Gasteiger partial charge in [-0.15, -0.1) is 0 Å². The molecule has 1 aliphatic rings. The van der Waals surface area contributed by atoms with Gasteiger partial charge in [-0.1, -0.05) is 13.8 Å². The lowest BCUT2D eigenvalue weighted by atomic mass is 9.94. The monoisotopic (exact) mass is 216 g/mol. The summed E-state index contributed by atoms with van der Waals surface area (Å²) in [6.45, 7) is 5.36. The lowest BCUT2D eigenvalue weighted by Crippen LogP contribution is -2.56. The van der Waals surface area contributed by atoms with Crippen LogP contribution < -0.4 is 5.73 Å². The molecule has 1 atom stereocenters. The van der Waals surface area contributed by atoms with Crippen LogP contribution in [0, 0.1) is 0 Å². The van der Waals surface area contributed by atoms with Crippen molar-refractivity contribution in [3.63, 3.8) is 0 Å². The Kier molecular flexibility index (Phi) is 4.74. The second kappa shape index (κ2) is 5.38. The number of likely N-dealkylation sites (N-methyl/N-ethyl adjacent to an activating group) is 1. The standard InChI is InChI=1S/C11H24N2S/c1-4-10(5-2)13(3)11(8-12)6-7-14-9-11/h10H,4-9,12H2,1-3H3. The van der Waals surface area contributed by atoms with Gasteiger partial charge in [0.05, 0.1) is 0 Å². The first-order valence-corrected chi connectivity index (χ1v) is 6.86. The zero-order chi connectivity index (χ0) is 10.6. The number of rotatable bonds is 5. The Morgan fingerprint density at radius 1 is 1.43 bits per heavy atom. The predicted molar refractivity (Wildman–Crippen MR) is 65.9 cm³/mol. The van der Waals surface area contributed by atoms with E-state index in [-0.39, 0.29) is 0 Å². The van der Waals surface area contributed by atoms with Crippen LogP contribution in [0.3, 0.4) is 0 Å². The summed E-state index contributed by atoms with van der Waals surface area (Å²) < 4.78 is 0. The molecule has 0 aromatic rings. The van der Waals surface area contributed by atoms with E-state index in [4.69, 9.17) is 5.73 Å². The average Bonchev–Trinajstić information content (AvgIpc) is 2.69. The number of hydrogen-bond donors (Lipinski definition) is 1. The molecule has 0 spiro atoms. The van der Waals surface area contributed by atoms with Gasteiger partial charge < -0.3 is 5.73 Å². The van der Waals surface area contributed by atoms with Crippen LogP contribution in [0.1, 0.15) is 33.1 Å². The first-order valence-electron chi connectivity index (χ1n) is 5.71. The van der Waals surface area contributed by atoms with Crippen molar-refractivity contribution in [2.75, 3.05) is 25.1 Å². The van der Waals surface area contributed by atoms with Gasteiger partial charge in [-0.05, 0) is 32.1 Å². The molecule has 2 nitrogen and oxygen atoms in total. The molecule has 0 radical (unpaired) electrons. The molecule has 1 saturated heterocycles. The maximum Gasteiger partial charge on any atom is 0.0429 e. The Balaban J connectivity index is 2.67. The van der Waals surface area contributed by atoms with Gasteiger partial charge in [0, 0.05) is 23.9 Å². The molecule has 1 aliphatic heterocycles. The van der Waals surface area contributed by atoms with Crippen molar-refractivity contribution in [2.45, 2.75) is 44.7 Å². The number of thioether (sulfide) groups is 1. The van der Waals surface area contributed by atoms with Crippen LogP contribution in [0.5, 0.6) is 0 Å². The van der Waals surface area contributed by atoms with Gasteiger partial charge in [-0.3, -0.25) is 4.90 Å². The molecule has 0 aliphatic carbocycles. The van der Waals surface area contributed by atoms with Crippen LogP contribution in [0.25, 0.3) is 0 Å². The van der Waals surface area contributed by atoms with E-state index in [9.17, 15) is 0 Å². The maximum atomic E-state index is 5.96. The van der Waals surface area contributed by atoms with Gasteiger partial charge in [0.15, 0.2) is 0 Å². The number of nitrogens with two attached hydrogens (primary N) is 1. The van der Waals surface area contributed by atoms with Crippen LogP contribution >= 0.6 is 11.8 Å². The highest BCUT2D eigenvalue weighted by Crippen LogP contribution is 2.33. The number of hydrogen-bond acceptors (Lipinski definition) is 3. The molecule has 1 unspecified atom stereocenters. The molecule has 1 fully saturated rings. The van der Waals surface area contributed by atoms with E-state index in [1.807, 2.05) is 0 Å². The molecule has 14 heavy (non-hydrogen) atoms. The predicted octanol–water partition coefficient (Wildman–Crippen LogP) is 1.94. The summed E-state index contributed by atoms with van der Waals surface area (Å²) in [5.74, 6) is 2.50. The van der Waals surface area contributed by atoms with E-state index in [0.29, 0.717) is 11.6 Å². The molecule has 1 rings (SSSR count). The summed E-state index contributed by atoms with van der Waals surface area (Å²) in [7, 11) is 2.26. The second-order valence-corrected chi connectivity index (χ2v) is 5.42. The highest BCUT2D eigenvalue weighted by molar-refractivity contribution is 7.99. The third-order valence-corrected chi connectivity index (χ3v) is 4.94. The molecule has 0 amide bonds. The Morgan fingerprint density at radius 3 is 2.43 bits per heavy atom. The summed E-state index contributed by atoms with van der Waals surface area (Å²) in [5, 5.41) is 0. The van der Waals surface area contributed by atoms with Gasteiger partial charge >= 0.3 is 0 Å². The molecule has 84 valence electrons. The van der Waals surface area contributed by atoms with E-state index in [1.165, 1.54) is 30.8 Å². The van der Waals surface area contributed by atoms with Gasteiger partial charge in [-0.2, -0.15) is 11.8 Å². The minimum atomic E-state index is 0.293. The normalized spacial score (nSPS) is 27.9. The fourth-order valence-corrected chi connectivity index (χ4v) is 3.92. The zero-order valence-electron chi connectivity index (χ0n) is 9.75. The maximum absolute atomic E-state index is 5.96. The molecule has 0 aromatic carbocycles. The highest BCUT2D eigenvalue weighted by Gasteiger charge is 2.38. The summed E-state index contributed by atoms with van der Waals surface area (Å²) in [6, 6.07) is 0.706. The SMILES string of the molecule is CCC(CC)N(C)C1(CN)CCSC1. The quantitative estimate of drug-likeness (QED) is 0.761. The molecular weight excluding hydrogens is 192 g/mol. The Labute approximate surface area is 92.6 Å². The van der Waals surface area contributed by atoms with Crippen molar-refractivity contribution in [1.82, 2.24) is 4.90 Å². The van der Waals surface area contributed by atoms with Crippen LogP contribution in [0.2, 0.25) is 0 Å². The topological polar surface area (TPSA) is 29.3 Å². The molecule has 0 bridgehead atoms. The van der Waals surface area contributed by atoms with Crippen molar-refractivity contribution in [3.05, 3.63) is 0 Å². The minimum absolute atomic E-state index is 0.293. The molecule has 0 saturated carbocycles. The first kappa shape index (κ1) is 12.3. The second-order valence-electron chi connectivity index (χ2n) is 4.31. The molecule has 2 N–H and O–H groups in total. The van der Waals surface area contributed by atoms with Gasteiger partial charge in [0.1, 0.15) is 0 Å². The third kappa shape index (κ3) is 2.26. The summed E-state index contributed by atoms with van der Waals surface area (Å²) >= 11 is 2.05. The number of nitrogens with zero attached hydrogens (tertiary/aromatic N) is 1. The first-order chi connectivity index (χ1) is 6.70. The molecular formula is C11H24N2S. The van der Waals surface area contributed by atoms with Crippen molar-refractivity contribution in [3.8, 4) is 0 Å². The van der Waals surface area contributed by atoms with Crippen LogP contribution in [0.4, 0.5) is 0 Å². The molecule has 0 aromatic heterocycles. The fourth-order valence-electron chi connectivity index (χ4n) is 2.40. The zero-order valence-corrected chi connectivity index (χ0v) is 10.6. The lowest BCUT2D eigenvalue weighted by molar-refractivity contribution is 0.0926. The summed E-state index contributed by atoms with van der Waals surface area (Å²) in [4.78, 5) is 2.55. The van der Waals surface area contributed by atoms with Crippen LogP contribution in [-0.4, -0.2) is 41.6 Å². The Bertz CT molecular complexity index is 163. The van der Waals surface area contributed by atoms with E-state index < -0.39 is 0 Å². The van der Waals surface area contributed by atoms with Crippen molar-refractivity contribution < 1.29 is 0 Å². The van der Waals surface area contributed by atoms with Crippen molar-refractivity contribution in [1.29, 1.82) is 0 Å². The lowest BCUT2D eigenvalue weighted by Gasteiger charge is -2.42. The van der Waals surface area contributed by atoms with Crippen molar-refractivity contribution in [2.24, 2.45) is 5.73 Å². The third-order valence-electron chi connectivity index (χ3n) is 3.70. The average molecular weight is 216 g/mol. The molecule has 3 heteroatoms. The Hall–Kier alpha value is 0.270. The summed E-state index contributed by atoms with van der Waals surface area (Å²) in [5.41, 5.74) is 6.25. The van der Waals surface area contributed by atoms with Gasteiger partial charge in [0.25, 0.3) is 0 Å². The summed E-state index contributed by atoms with van der Waals surface area (Å²) in [6.07, 6.45) is 3.74. The van der Waals surface area contributed by atoms with E-state index in [0.717, 1.165) is 6.54 Å². The van der Waals surface area contributed by atoms with E-state index in [1.54, 1.807) is 0 Å². The van der Waals surface area contributed by atoms with Crippen LogP contribution in [-0.2, 0) is 0 Å². The minimum Gasteiger partial charge on any atom is -0.329 e. The van der Waals surface area contributed by atoms with Crippen molar-refractivity contribution >= 4 is 11.8 Å². The Morgan fingerprint density at radius 2 is 2.07 bits per heavy atom. The van der Waals surface area contributed by atoms with E-state index in [2.05, 4.69) is 37.6 Å². The smallest absolute Gasteiger partial charge is 0.0429 e. The highest BCUT2D eigenvalue weighted by atomic mass is 32.2. The van der Waals surface area contributed by atoms with Gasteiger partial charge in [-0.25, -0.2) is 0 Å². The molecule has 1 heterocycles. The fraction of sp³-hybridized carbons (Fsp3) is 1.00. The van der Waals surface area contributed by atoms with Crippen LogP contribution in [0.15, 0.2) is 0 Å². The van der Waals surface area contributed by atoms with E-state index >= 15 is 0 Å². The van der Waals surface area contributed by atoms with Gasteiger partial charge in [0.2, 0.25) is 0 Å².